The van der Waals surface area contributed by atoms with Gasteiger partial charge in [0.05, 0.1) is 12.1 Å². The molecule has 0 aliphatic carbocycles. The summed E-state index contributed by atoms with van der Waals surface area (Å²) in [6.45, 7) is 3.91. The van der Waals surface area contributed by atoms with Gasteiger partial charge in [0.2, 0.25) is 0 Å². The number of aliphatic hydroxyl groups excluding tert-OH is 1. The maximum Gasteiger partial charge on any atom is 0.0532 e. The van der Waals surface area contributed by atoms with Crippen molar-refractivity contribution < 1.29 is 5.11 Å². The van der Waals surface area contributed by atoms with Gasteiger partial charge in [0.15, 0.2) is 0 Å². The Balaban J connectivity index is 2.39. The van der Waals surface area contributed by atoms with E-state index in [0.717, 1.165) is 19.3 Å². The summed E-state index contributed by atoms with van der Waals surface area (Å²) < 4.78 is 0. The largest absolute Gasteiger partial charge is 0.393 e. The van der Waals surface area contributed by atoms with E-state index >= 15 is 0 Å². The van der Waals surface area contributed by atoms with Crippen LogP contribution in [-0.4, -0.2) is 23.0 Å². The second-order valence-corrected chi connectivity index (χ2v) is 3.50. The van der Waals surface area contributed by atoms with Crippen molar-refractivity contribution in [1.29, 1.82) is 0 Å². The third-order valence-electron chi connectivity index (χ3n) is 2.09. The van der Waals surface area contributed by atoms with Crippen molar-refractivity contribution >= 4 is 5.71 Å². The van der Waals surface area contributed by atoms with Crippen molar-refractivity contribution in [2.24, 2.45) is 4.99 Å². The summed E-state index contributed by atoms with van der Waals surface area (Å²) in [7, 11) is 0. The van der Waals surface area contributed by atoms with E-state index in [9.17, 15) is 0 Å². The first-order chi connectivity index (χ1) is 5.18. The third-order valence-corrected chi connectivity index (χ3v) is 2.09. The van der Waals surface area contributed by atoms with Crippen LogP contribution in [0.5, 0.6) is 0 Å². The van der Waals surface area contributed by atoms with Crippen molar-refractivity contribution in [3.63, 3.8) is 0 Å². The molecule has 64 valence electrons. The Bertz CT molecular complexity index is 152. The lowest BCUT2D eigenvalue weighted by atomic mass is 9.99. The monoisotopic (exact) mass is 155 g/mol. The molecule has 1 aliphatic heterocycles. The second-order valence-electron chi connectivity index (χ2n) is 3.50. The number of hydrogen-bond acceptors (Lipinski definition) is 2. The van der Waals surface area contributed by atoms with Crippen molar-refractivity contribution in [2.75, 3.05) is 0 Å². The minimum atomic E-state index is -0.199. The Morgan fingerprint density at radius 2 is 2.45 bits per heavy atom. The van der Waals surface area contributed by atoms with Gasteiger partial charge in [-0.1, -0.05) is 0 Å². The first-order valence-electron chi connectivity index (χ1n) is 4.40. The Morgan fingerprint density at radius 3 is 3.00 bits per heavy atom. The molecule has 2 nitrogen and oxygen atoms in total. The maximum atomic E-state index is 9.12. The van der Waals surface area contributed by atoms with Gasteiger partial charge in [0.25, 0.3) is 0 Å². The Hall–Kier alpha value is -0.370. The van der Waals surface area contributed by atoms with Crippen LogP contribution in [-0.2, 0) is 0 Å². The lowest BCUT2D eigenvalue weighted by Crippen LogP contribution is -2.18. The highest BCUT2D eigenvalue weighted by Crippen LogP contribution is 2.17. The molecule has 0 fully saturated rings. The highest BCUT2D eigenvalue weighted by atomic mass is 16.3. The first-order valence-corrected chi connectivity index (χ1v) is 4.40. The molecular weight excluding hydrogens is 138 g/mol. The van der Waals surface area contributed by atoms with Gasteiger partial charge < -0.3 is 5.11 Å². The van der Waals surface area contributed by atoms with E-state index in [4.69, 9.17) is 5.11 Å². The van der Waals surface area contributed by atoms with E-state index in [0.29, 0.717) is 6.04 Å². The minimum absolute atomic E-state index is 0.199. The van der Waals surface area contributed by atoms with E-state index < -0.39 is 0 Å². The van der Waals surface area contributed by atoms with Gasteiger partial charge in [-0.3, -0.25) is 4.99 Å². The summed E-state index contributed by atoms with van der Waals surface area (Å²) in [5.74, 6) is 0. The quantitative estimate of drug-likeness (QED) is 0.647. The minimum Gasteiger partial charge on any atom is -0.393 e. The van der Waals surface area contributed by atoms with Gasteiger partial charge in [-0.05, 0) is 39.5 Å². The predicted octanol–water partition coefficient (Wildman–Crippen LogP) is 1.77. The molecule has 1 rings (SSSR count). The molecule has 0 saturated carbocycles. The number of rotatable bonds is 2. The van der Waals surface area contributed by atoms with Crippen molar-refractivity contribution in [3.8, 4) is 0 Å². The Morgan fingerprint density at radius 1 is 1.73 bits per heavy atom. The number of aliphatic hydroxyl groups is 1. The van der Waals surface area contributed by atoms with Gasteiger partial charge in [-0.2, -0.15) is 0 Å². The number of hydrogen-bond donors (Lipinski definition) is 1. The van der Waals surface area contributed by atoms with Crippen LogP contribution >= 0.6 is 0 Å². The molecule has 2 heteroatoms. The molecule has 0 aromatic carbocycles. The van der Waals surface area contributed by atoms with Gasteiger partial charge >= 0.3 is 0 Å². The van der Waals surface area contributed by atoms with E-state index in [1.165, 1.54) is 12.1 Å². The van der Waals surface area contributed by atoms with E-state index in [2.05, 4.69) is 11.9 Å². The average molecular weight is 155 g/mol. The normalized spacial score (nSPS) is 27.9. The van der Waals surface area contributed by atoms with Crippen LogP contribution in [0.2, 0.25) is 0 Å². The molecule has 2 unspecified atom stereocenters. The lowest BCUT2D eigenvalue weighted by molar-refractivity contribution is 0.172. The summed E-state index contributed by atoms with van der Waals surface area (Å²) in [5.41, 5.74) is 1.25. The topological polar surface area (TPSA) is 32.6 Å². The lowest BCUT2D eigenvalue weighted by Gasteiger charge is -2.19. The molecular formula is C9H17NO. The molecule has 0 aromatic rings. The summed E-state index contributed by atoms with van der Waals surface area (Å²) in [4.78, 5) is 4.48. The molecule has 0 saturated heterocycles. The molecule has 0 aromatic heterocycles. The van der Waals surface area contributed by atoms with Crippen LogP contribution in [0.15, 0.2) is 4.99 Å². The van der Waals surface area contributed by atoms with Crippen LogP contribution in [0, 0.1) is 0 Å². The fourth-order valence-corrected chi connectivity index (χ4v) is 1.60. The molecule has 0 bridgehead atoms. The molecule has 0 amide bonds. The van der Waals surface area contributed by atoms with E-state index in [-0.39, 0.29) is 6.10 Å². The number of nitrogens with zero attached hydrogens (tertiary/aromatic N) is 1. The van der Waals surface area contributed by atoms with Crippen LogP contribution < -0.4 is 0 Å². The average Bonchev–Trinajstić information content (AvgIpc) is 1.85. The molecule has 0 radical (unpaired) electrons. The molecule has 1 N–H and O–H groups in total. The SMILES string of the molecule is CC1=NC(CC(C)O)CCC1. The fourth-order valence-electron chi connectivity index (χ4n) is 1.60. The molecule has 0 spiro atoms. The van der Waals surface area contributed by atoms with Gasteiger partial charge in [0, 0.05) is 5.71 Å². The van der Waals surface area contributed by atoms with Crippen LogP contribution in [0.3, 0.4) is 0 Å². The number of aliphatic imine (C=N–C) groups is 1. The second kappa shape index (κ2) is 3.86. The van der Waals surface area contributed by atoms with Crippen molar-refractivity contribution in [1.82, 2.24) is 0 Å². The third kappa shape index (κ3) is 3.02. The van der Waals surface area contributed by atoms with E-state index in [1.54, 1.807) is 0 Å². The zero-order valence-electron chi connectivity index (χ0n) is 7.38. The van der Waals surface area contributed by atoms with Gasteiger partial charge in [0.1, 0.15) is 0 Å². The van der Waals surface area contributed by atoms with Crippen LogP contribution in [0.4, 0.5) is 0 Å². The highest BCUT2D eigenvalue weighted by Gasteiger charge is 2.14. The van der Waals surface area contributed by atoms with Gasteiger partial charge in [-0.25, -0.2) is 0 Å². The standard InChI is InChI=1S/C9H17NO/c1-7-4-3-5-9(10-7)6-8(2)11/h8-9,11H,3-6H2,1-2H3. The Kier molecular flexibility index (Phi) is 3.06. The fraction of sp³-hybridized carbons (Fsp3) is 0.889. The highest BCUT2D eigenvalue weighted by molar-refractivity contribution is 5.82. The summed E-state index contributed by atoms with van der Waals surface area (Å²) in [6, 6.07) is 0.392. The van der Waals surface area contributed by atoms with Gasteiger partial charge in [-0.15, -0.1) is 0 Å². The molecule has 2 atom stereocenters. The zero-order chi connectivity index (χ0) is 8.27. The van der Waals surface area contributed by atoms with Crippen molar-refractivity contribution in [3.05, 3.63) is 0 Å². The first kappa shape index (κ1) is 8.72. The molecule has 11 heavy (non-hydrogen) atoms. The smallest absolute Gasteiger partial charge is 0.0532 e. The van der Waals surface area contributed by atoms with E-state index in [1.807, 2.05) is 6.92 Å². The van der Waals surface area contributed by atoms with Crippen molar-refractivity contribution in [2.45, 2.75) is 51.7 Å². The Labute approximate surface area is 68.3 Å². The summed E-state index contributed by atoms with van der Waals surface area (Å²) >= 11 is 0. The summed E-state index contributed by atoms with van der Waals surface area (Å²) in [6.07, 6.45) is 4.18. The predicted molar refractivity (Wildman–Crippen MR) is 47.0 cm³/mol. The molecule has 1 heterocycles. The summed E-state index contributed by atoms with van der Waals surface area (Å²) in [5, 5.41) is 9.12. The molecule has 1 aliphatic rings. The van der Waals surface area contributed by atoms with Crippen LogP contribution in [0.25, 0.3) is 0 Å². The zero-order valence-corrected chi connectivity index (χ0v) is 7.38. The van der Waals surface area contributed by atoms with Crippen LogP contribution in [0.1, 0.15) is 39.5 Å². The maximum absolute atomic E-state index is 9.12.